The molecular weight excluding hydrogens is 386 g/mol. The number of nitrogens with zero attached hydrogens (tertiary/aromatic N) is 3. The number of carbonyl (C=O) groups is 1. The molecule has 1 aliphatic heterocycles. The van der Waals surface area contributed by atoms with Gasteiger partial charge in [-0.1, -0.05) is 17.3 Å². The second kappa shape index (κ2) is 8.44. The molecule has 0 spiro atoms. The molecule has 1 aliphatic rings. The van der Waals surface area contributed by atoms with Crippen molar-refractivity contribution in [1.82, 2.24) is 15.0 Å². The monoisotopic (exact) mass is 409 g/mol. The summed E-state index contributed by atoms with van der Waals surface area (Å²) < 4.78 is 21.5. The Labute approximate surface area is 174 Å². The Balaban J connectivity index is 1.59. The maximum Gasteiger partial charge on any atom is 0.249 e. The van der Waals surface area contributed by atoms with Gasteiger partial charge in [-0.25, -0.2) is 0 Å². The highest BCUT2D eigenvalue weighted by atomic mass is 16.5. The van der Waals surface area contributed by atoms with Crippen LogP contribution in [0.3, 0.4) is 0 Å². The summed E-state index contributed by atoms with van der Waals surface area (Å²) in [6.45, 7) is 0.450. The van der Waals surface area contributed by atoms with Crippen LogP contribution in [0.5, 0.6) is 17.2 Å². The SMILES string of the molecule is COc1cccc(CN2C(=O)CCC2c2nc(-c3cc(OC)cc(OC)c3)no2)c1. The molecule has 30 heavy (non-hydrogen) atoms. The highest BCUT2D eigenvalue weighted by Crippen LogP contribution is 2.35. The standard InChI is InChI=1S/C22H23N3O5/c1-27-16-6-4-5-14(9-16)13-25-19(7-8-20(25)26)22-23-21(24-30-22)15-10-17(28-2)12-18(11-15)29-3/h4-6,9-12,19H,7-8,13H2,1-3H3. The van der Waals surface area contributed by atoms with Gasteiger partial charge in [-0.2, -0.15) is 4.98 Å². The van der Waals surface area contributed by atoms with Gasteiger partial charge in [0.25, 0.3) is 0 Å². The summed E-state index contributed by atoms with van der Waals surface area (Å²) in [6.07, 6.45) is 1.07. The molecule has 1 amide bonds. The van der Waals surface area contributed by atoms with Crippen LogP contribution in [0.1, 0.15) is 30.3 Å². The molecule has 1 atom stereocenters. The topological polar surface area (TPSA) is 86.9 Å². The Hall–Kier alpha value is -3.55. The van der Waals surface area contributed by atoms with Gasteiger partial charge in [-0.05, 0) is 36.2 Å². The van der Waals surface area contributed by atoms with Crippen LogP contribution in [-0.2, 0) is 11.3 Å². The number of hydrogen-bond donors (Lipinski definition) is 0. The molecule has 2 heterocycles. The Bertz CT molecular complexity index is 1030. The molecule has 3 aromatic rings. The van der Waals surface area contributed by atoms with Gasteiger partial charge >= 0.3 is 0 Å². The minimum Gasteiger partial charge on any atom is -0.497 e. The van der Waals surface area contributed by atoms with Crippen molar-refractivity contribution in [2.45, 2.75) is 25.4 Å². The predicted molar refractivity (Wildman–Crippen MR) is 108 cm³/mol. The second-order valence-electron chi connectivity index (χ2n) is 6.99. The van der Waals surface area contributed by atoms with Gasteiger partial charge in [-0.3, -0.25) is 4.79 Å². The van der Waals surface area contributed by atoms with Gasteiger partial charge in [0.1, 0.15) is 23.3 Å². The number of ether oxygens (including phenoxy) is 3. The number of benzene rings is 2. The van der Waals surface area contributed by atoms with E-state index in [2.05, 4.69) is 10.1 Å². The second-order valence-corrected chi connectivity index (χ2v) is 6.99. The molecule has 0 N–H and O–H groups in total. The largest absolute Gasteiger partial charge is 0.497 e. The third kappa shape index (κ3) is 3.94. The number of aromatic nitrogens is 2. The average molecular weight is 409 g/mol. The zero-order chi connectivity index (χ0) is 21.1. The van der Waals surface area contributed by atoms with Crippen molar-refractivity contribution in [3.63, 3.8) is 0 Å². The maximum absolute atomic E-state index is 12.5. The van der Waals surface area contributed by atoms with Crippen LogP contribution < -0.4 is 14.2 Å². The molecule has 0 radical (unpaired) electrons. The van der Waals surface area contributed by atoms with Crippen molar-refractivity contribution in [2.75, 3.05) is 21.3 Å². The molecule has 0 saturated carbocycles. The van der Waals surface area contributed by atoms with Gasteiger partial charge in [0.05, 0.1) is 21.3 Å². The lowest BCUT2D eigenvalue weighted by molar-refractivity contribution is -0.130. The highest BCUT2D eigenvalue weighted by molar-refractivity contribution is 5.79. The third-order valence-corrected chi connectivity index (χ3v) is 5.15. The van der Waals surface area contributed by atoms with Crippen LogP contribution in [0.25, 0.3) is 11.4 Å². The lowest BCUT2D eigenvalue weighted by Gasteiger charge is -2.22. The quantitative estimate of drug-likeness (QED) is 0.589. The van der Waals surface area contributed by atoms with E-state index in [-0.39, 0.29) is 11.9 Å². The first-order valence-electron chi connectivity index (χ1n) is 9.60. The summed E-state index contributed by atoms with van der Waals surface area (Å²) in [5.41, 5.74) is 1.69. The van der Waals surface area contributed by atoms with Crippen molar-refractivity contribution >= 4 is 5.91 Å². The number of methoxy groups -OCH3 is 3. The molecule has 8 heteroatoms. The highest BCUT2D eigenvalue weighted by Gasteiger charge is 2.36. The van der Waals surface area contributed by atoms with E-state index in [9.17, 15) is 4.79 Å². The minimum atomic E-state index is -0.266. The summed E-state index contributed by atoms with van der Waals surface area (Å²) in [5, 5.41) is 4.12. The van der Waals surface area contributed by atoms with Crippen LogP contribution >= 0.6 is 0 Å². The molecule has 1 unspecified atom stereocenters. The summed E-state index contributed by atoms with van der Waals surface area (Å²) in [7, 11) is 4.79. The summed E-state index contributed by atoms with van der Waals surface area (Å²) in [4.78, 5) is 18.9. The molecule has 1 saturated heterocycles. The molecule has 1 aromatic heterocycles. The summed E-state index contributed by atoms with van der Waals surface area (Å²) in [5.74, 6) is 2.91. The van der Waals surface area contributed by atoms with Crippen molar-refractivity contribution in [3.8, 4) is 28.6 Å². The lowest BCUT2D eigenvalue weighted by Crippen LogP contribution is -2.27. The number of amides is 1. The minimum absolute atomic E-state index is 0.0608. The lowest BCUT2D eigenvalue weighted by atomic mass is 10.1. The Morgan fingerprint density at radius 2 is 1.77 bits per heavy atom. The van der Waals surface area contributed by atoms with E-state index in [4.69, 9.17) is 18.7 Å². The Morgan fingerprint density at radius 1 is 1.03 bits per heavy atom. The molecule has 2 aromatic carbocycles. The van der Waals surface area contributed by atoms with E-state index in [1.165, 1.54) is 0 Å². The smallest absolute Gasteiger partial charge is 0.249 e. The number of carbonyl (C=O) groups excluding carboxylic acids is 1. The molecular formula is C22H23N3O5. The van der Waals surface area contributed by atoms with Crippen LogP contribution in [0.15, 0.2) is 47.0 Å². The van der Waals surface area contributed by atoms with Crippen molar-refractivity contribution in [3.05, 3.63) is 53.9 Å². The Kier molecular flexibility index (Phi) is 5.56. The fourth-order valence-corrected chi connectivity index (χ4v) is 3.58. The predicted octanol–water partition coefficient (Wildman–Crippen LogP) is 3.63. The zero-order valence-electron chi connectivity index (χ0n) is 17.1. The van der Waals surface area contributed by atoms with E-state index in [0.717, 1.165) is 11.3 Å². The fourth-order valence-electron chi connectivity index (χ4n) is 3.58. The maximum atomic E-state index is 12.5. The normalized spacial score (nSPS) is 16.0. The summed E-state index contributed by atoms with van der Waals surface area (Å²) >= 11 is 0. The van der Waals surface area contributed by atoms with Gasteiger partial charge in [-0.15, -0.1) is 0 Å². The van der Waals surface area contributed by atoms with E-state index in [1.807, 2.05) is 36.4 Å². The first-order valence-corrected chi connectivity index (χ1v) is 9.60. The first-order chi connectivity index (χ1) is 14.6. The average Bonchev–Trinajstić information content (AvgIpc) is 3.41. The van der Waals surface area contributed by atoms with Crippen LogP contribution in [-0.4, -0.2) is 42.3 Å². The number of hydrogen-bond acceptors (Lipinski definition) is 7. The van der Waals surface area contributed by atoms with E-state index in [0.29, 0.717) is 48.2 Å². The van der Waals surface area contributed by atoms with E-state index in [1.54, 1.807) is 32.3 Å². The third-order valence-electron chi connectivity index (χ3n) is 5.15. The molecule has 1 fully saturated rings. The van der Waals surface area contributed by atoms with Crippen LogP contribution in [0.4, 0.5) is 0 Å². The fraction of sp³-hybridized carbons (Fsp3) is 0.318. The van der Waals surface area contributed by atoms with Crippen LogP contribution in [0, 0.1) is 0 Å². The number of rotatable bonds is 7. The van der Waals surface area contributed by atoms with Gasteiger partial charge in [0, 0.05) is 24.6 Å². The van der Waals surface area contributed by atoms with Crippen LogP contribution in [0.2, 0.25) is 0 Å². The summed E-state index contributed by atoms with van der Waals surface area (Å²) in [6, 6.07) is 12.8. The Morgan fingerprint density at radius 3 is 2.47 bits per heavy atom. The van der Waals surface area contributed by atoms with Crippen molar-refractivity contribution in [2.24, 2.45) is 0 Å². The molecule has 0 bridgehead atoms. The van der Waals surface area contributed by atoms with Gasteiger partial charge < -0.3 is 23.6 Å². The molecule has 8 nitrogen and oxygen atoms in total. The van der Waals surface area contributed by atoms with E-state index >= 15 is 0 Å². The van der Waals surface area contributed by atoms with Crippen molar-refractivity contribution < 1.29 is 23.5 Å². The molecule has 0 aliphatic carbocycles. The van der Waals surface area contributed by atoms with Gasteiger partial charge in [0.15, 0.2) is 0 Å². The molecule has 4 rings (SSSR count). The van der Waals surface area contributed by atoms with Crippen molar-refractivity contribution in [1.29, 1.82) is 0 Å². The molecule has 156 valence electrons. The first kappa shape index (κ1) is 19.8. The number of likely N-dealkylation sites (tertiary alicyclic amines) is 1. The van der Waals surface area contributed by atoms with Gasteiger partial charge in [0.2, 0.25) is 17.6 Å². The van der Waals surface area contributed by atoms with E-state index < -0.39 is 0 Å². The zero-order valence-corrected chi connectivity index (χ0v) is 17.1.